The molecule has 1 saturated heterocycles. The van der Waals surface area contributed by atoms with Gasteiger partial charge in [-0.3, -0.25) is 0 Å². The van der Waals surface area contributed by atoms with E-state index in [1.54, 1.807) is 7.11 Å². The second-order valence-corrected chi connectivity index (χ2v) is 9.13. The summed E-state index contributed by atoms with van der Waals surface area (Å²) in [6.07, 6.45) is 5.22. The predicted molar refractivity (Wildman–Crippen MR) is 99.7 cm³/mol. The molecule has 0 atom stereocenters. The molecule has 1 aliphatic heterocycles. The Kier molecular flexibility index (Phi) is 4.69. The van der Waals surface area contributed by atoms with Crippen LogP contribution in [0.5, 0.6) is 0 Å². The monoisotopic (exact) mass is 331 g/mol. The van der Waals surface area contributed by atoms with Crippen molar-refractivity contribution in [1.29, 1.82) is 0 Å². The first kappa shape index (κ1) is 17.8. The maximum Gasteiger partial charge on any atom is 0.0880 e. The van der Waals surface area contributed by atoms with Crippen LogP contribution in [-0.4, -0.2) is 37.5 Å². The summed E-state index contributed by atoms with van der Waals surface area (Å²) in [5, 5.41) is 10.6. The van der Waals surface area contributed by atoms with Crippen molar-refractivity contribution in [3.05, 3.63) is 29.8 Å². The van der Waals surface area contributed by atoms with Crippen LogP contribution in [0, 0.1) is 5.41 Å². The van der Waals surface area contributed by atoms with Crippen molar-refractivity contribution >= 4 is 5.69 Å². The molecule has 2 aliphatic rings. The van der Waals surface area contributed by atoms with Crippen LogP contribution >= 0.6 is 0 Å². The first-order valence-corrected chi connectivity index (χ1v) is 9.32. The lowest BCUT2D eigenvalue weighted by atomic mass is 9.68. The lowest BCUT2D eigenvalue weighted by Gasteiger charge is -2.41. The van der Waals surface area contributed by atoms with E-state index in [9.17, 15) is 5.11 Å². The minimum atomic E-state index is -0.595. The molecule has 3 heteroatoms. The fraction of sp³-hybridized carbons (Fsp3) is 0.714. The van der Waals surface area contributed by atoms with Gasteiger partial charge in [-0.05, 0) is 60.6 Å². The largest absolute Gasteiger partial charge is 0.387 e. The average molecular weight is 332 g/mol. The van der Waals surface area contributed by atoms with Gasteiger partial charge in [0.15, 0.2) is 0 Å². The summed E-state index contributed by atoms with van der Waals surface area (Å²) in [6.45, 7) is 9.52. The smallest absolute Gasteiger partial charge is 0.0880 e. The summed E-state index contributed by atoms with van der Waals surface area (Å²) in [7, 11) is 1.68. The standard InChI is InChI=1S/C21H33NO2/c1-19(2,3)17-5-7-18(8-6-17)22-14-13-20(15-22)9-11-21(23,12-10-20)16-24-4/h5-8,23H,9-16H2,1-4H3. The van der Waals surface area contributed by atoms with Crippen LogP contribution in [0.15, 0.2) is 24.3 Å². The summed E-state index contributed by atoms with van der Waals surface area (Å²) in [5.41, 5.74) is 2.74. The highest BCUT2D eigenvalue weighted by atomic mass is 16.5. The average Bonchev–Trinajstić information content (AvgIpc) is 2.95. The summed E-state index contributed by atoms with van der Waals surface area (Å²) in [5.74, 6) is 0. The van der Waals surface area contributed by atoms with Gasteiger partial charge in [0.1, 0.15) is 0 Å². The molecule has 1 spiro atoms. The molecular formula is C21H33NO2. The van der Waals surface area contributed by atoms with Crippen molar-refractivity contribution in [2.45, 2.75) is 63.9 Å². The van der Waals surface area contributed by atoms with Crippen LogP contribution in [0.3, 0.4) is 0 Å². The van der Waals surface area contributed by atoms with Crippen molar-refractivity contribution in [1.82, 2.24) is 0 Å². The van der Waals surface area contributed by atoms with Crippen molar-refractivity contribution < 1.29 is 9.84 Å². The molecule has 0 unspecified atom stereocenters. The number of rotatable bonds is 3. The van der Waals surface area contributed by atoms with Crippen molar-refractivity contribution in [3.63, 3.8) is 0 Å². The highest BCUT2D eigenvalue weighted by Crippen LogP contribution is 2.47. The lowest BCUT2D eigenvalue weighted by molar-refractivity contribution is -0.0766. The van der Waals surface area contributed by atoms with Gasteiger partial charge in [-0.25, -0.2) is 0 Å². The number of methoxy groups -OCH3 is 1. The number of hydrogen-bond donors (Lipinski definition) is 1. The van der Waals surface area contributed by atoms with Crippen LogP contribution in [0.4, 0.5) is 5.69 Å². The molecule has 134 valence electrons. The maximum absolute atomic E-state index is 10.6. The van der Waals surface area contributed by atoms with E-state index in [2.05, 4.69) is 49.9 Å². The normalized spacial score (nSPS) is 31.0. The molecule has 1 aliphatic carbocycles. The lowest BCUT2D eigenvalue weighted by Crippen LogP contribution is -2.43. The third-order valence-corrected chi connectivity index (χ3v) is 6.19. The van der Waals surface area contributed by atoms with Crippen molar-refractivity contribution in [2.75, 3.05) is 31.7 Å². The van der Waals surface area contributed by atoms with E-state index >= 15 is 0 Å². The molecule has 1 aromatic carbocycles. The molecule has 1 N–H and O–H groups in total. The molecule has 1 aromatic rings. The Morgan fingerprint density at radius 2 is 1.67 bits per heavy atom. The zero-order chi connectivity index (χ0) is 17.4. The Hall–Kier alpha value is -1.06. The molecule has 0 radical (unpaired) electrons. The third-order valence-electron chi connectivity index (χ3n) is 6.19. The van der Waals surface area contributed by atoms with Gasteiger partial charge in [0.2, 0.25) is 0 Å². The van der Waals surface area contributed by atoms with E-state index < -0.39 is 5.60 Å². The Balaban J connectivity index is 1.64. The number of ether oxygens (including phenoxy) is 1. The topological polar surface area (TPSA) is 32.7 Å². The summed E-state index contributed by atoms with van der Waals surface area (Å²) in [4.78, 5) is 2.53. The minimum absolute atomic E-state index is 0.208. The summed E-state index contributed by atoms with van der Waals surface area (Å²) in [6, 6.07) is 9.12. The molecule has 24 heavy (non-hydrogen) atoms. The van der Waals surface area contributed by atoms with Crippen LogP contribution in [0.2, 0.25) is 0 Å². The molecule has 1 saturated carbocycles. The van der Waals surface area contributed by atoms with Crippen molar-refractivity contribution in [3.8, 4) is 0 Å². The van der Waals surface area contributed by atoms with Gasteiger partial charge in [-0.1, -0.05) is 32.9 Å². The van der Waals surface area contributed by atoms with Crippen LogP contribution < -0.4 is 4.90 Å². The van der Waals surface area contributed by atoms with Gasteiger partial charge in [0.05, 0.1) is 12.2 Å². The molecule has 0 amide bonds. The molecule has 0 bridgehead atoms. The molecule has 3 nitrogen and oxygen atoms in total. The first-order chi connectivity index (χ1) is 11.3. The second-order valence-electron chi connectivity index (χ2n) is 9.13. The van der Waals surface area contributed by atoms with E-state index in [1.807, 2.05) is 0 Å². The fourth-order valence-corrected chi connectivity index (χ4v) is 4.39. The van der Waals surface area contributed by atoms with Gasteiger partial charge < -0.3 is 14.7 Å². The quantitative estimate of drug-likeness (QED) is 0.904. The third kappa shape index (κ3) is 3.62. The SMILES string of the molecule is COCC1(O)CCC2(CCN(c3ccc(C(C)(C)C)cc3)C2)CC1. The van der Waals surface area contributed by atoms with Gasteiger partial charge in [0.25, 0.3) is 0 Å². The number of anilines is 1. The fourth-order valence-electron chi connectivity index (χ4n) is 4.39. The summed E-state index contributed by atoms with van der Waals surface area (Å²) < 4.78 is 5.20. The van der Waals surface area contributed by atoms with Gasteiger partial charge in [0, 0.05) is 25.9 Å². The van der Waals surface area contributed by atoms with Gasteiger partial charge in [-0.15, -0.1) is 0 Å². The maximum atomic E-state index is 10.6. The Morgan fingerprint density at radius 1 is 1.04 bits per heavy atom. The van der Waals surface area contributed by atoms with E-state index in [-0.39, 0.29) is 5.41 Å². The minimum Gasteiger partial charge on any atom is -0.387 e. The Bertz CT molecular complexity index is 550. The number of benzene rings is 1. The zero-order valence-corrected chi connectivity index (χ0v) is 15.8. The second kappa shape index (κ2) is 6.34. The number of hydrogen-bond acceptors (Lipinski definition) is 3. The van der Waals surface area contributed by atoms with E-state index in [4.69, 9.17) is 4.74 Å². The van der Waals surface area contributed by atoms with Gasteiger partial charge in [-0.2, -0.15) is 0 Å². The van der Waals surface area contributed by atoms with Gasteiger partial charge >= 0.3 is 0 Å². The zero-order valence-electron chi connectivity index (χ0n) is 15.8. The molecule has 1 heterocycles. The van der Waals surface area contributed by atoms with E-state index in [1.165, 1.54) is 17.7 Å². The summed E-state index contributed by atoms with van der Waals surface area (Å²) >= 11 is 0. The van der Waals surface area contributed by atoms with E-state index in [0.29, 0.717) is 12.0 Å². The van der Waals surface area contributed by atoms with Crippen LogP contribution in [-0.2, 0) is 10.2 Å². The molecular weight excluding hydrogens is 298 g/mol. The Labute approximate surface area is 147 Å². The van der Waals surface area contributed by atoms with Crippen LogP contribution in [0.1, 0.15) is 58.4 Å². The first-order valence-electron chi connectivity index (χ1n) is 9.32. The highest BCUT2D eigenvalue weighted by molar-refractivity contribution is 5.50. The van der Waals surface area contributed by atoms with Crippen molar-refractivity contribution in [2.24, 2.45) is 5.41 Å². The molecule has 0 aromatic heterocycles. The number of nitrogens with zero attached hydrogens (tertiary/aromatic N) is 1. The highest BCUT2D eigenvalue weighted by Gasteiger charge is 2.45. The van der Waals surface area contributed by atoms with Crippen LogP contribution in [0.25, 0.3) is 0 Å². The predicted octanol–water partition coefficient (Wildman–Crippen LogP) is 4.13. The molecule has 2 fully saturated rings. The van der Waals surface area contributed by atoms with E-state index in [0.717, 1.165) is 38.8 Å². The number of aliphatic hydroxyl groups is 1. The Morgan fingerprint density at radius 3 is 2.21 bits per heavy atom. The molecule has 3 rings (SSSR count).